The van der Waals surface area contributed by atoms with Crippen LogP contribution in [0.25, 0.3) is 0 Å². The number of quaternary nitrogens is 1. The largest absolute Gasteiger partial charge is 0.566 e. The molecular formula is C11H20N2O7S. The Morgan fingerprint density at radius 3 is 2.52 bits per heavy atom. The fourth-order valence-electron chi connectivity index (χ4n) is 1.34. The maximum absolute atomic E-state index is 11.6. The first kappa shape index (κ1) is 19.8. The van der Waals surface area contributed by atoms with Crippen molar-refractivity contribution >= 4 is 28.8 Å². The number of hydrogen-bond acceptors (Lipinski definition) is 8. The molecule has 1 unspecified atom stereocenters. The number of hydrogen-bond donors (Lipinski definition) is 3. The van der Waals surface area contributed by atoms with Crippen LogP contribution >= 0.6 is 11.8 Å². The zero-order chi connectivity index (χ0) is 16.4. The van der Waals surface area contributed by atoms with E-state index in [0.29, 0.717) is 0 Å². The van der Waals surface area contributed by atoms with Gasteiger partial charge in [-0.05, 0) is 13.8 Å². The molecular weight excluding hydrogens is 304 g/mol. The number of ether oxygens (including phenoxy) is 1. The Hall–Kier alpha value is -1.20. The molecule has 0 spiro atoms. The molecule has 0 saturated heterocycles. The minimum Gasteiger partial charge on any atom is -0.566 e. The van der Waals surface area contributed by atoms with Crippen molar-refractivity contribution in [2.75, 3.05) is 12.4 Å². The summed E-state index contributed by atoms with van der Waals surface area (Å²) in [5, 5.41) is 19.3. The molecule has 0 saturated carbocycles. The van der Waals surface area contributed by atoms with Gasteiger partial charge < -0.3 is 15.3 Å². The molecule has 0 rings (SSSR count). The van der Waals surface area contributed by atoms with E-state index in [9.17, 15) is 19.6 Å². The number of amides is 1. The number of carbonyl (C=O) groups excluding carboxylic acids is 3. The Morgan fingerprint density at radius 1 is 1.43 bits per heavy atom. The van der Waals surface area contributed by atoms with Gasteiger partial charge in [-0.1, -0.05) is 17.2 Å². The Kier molecular flexibility index (Phi) is 9.91. The minimum atomic E-state index is -1.46. The van der Waals surface area contributed by atoms with Crippen molar-refractivity contribution in [3.8, 4) is 0 Å². The molecule has 3 N–H and O–H groups in total. The maximum Gasteiger partial charge on any atom is 0.329 e. The van der Waals surface area contributed by atoms with Crippen LogP contribution in [0.1, 0.15) is 27.2 Å². The van der Waals surface area contributed by atoms with E-state index >= 15 is 0 Å². The Bertz CT molecular complexity index is 364. The maximum atomic E-state index is 11.6. The van der Waals surface area contributed by atoms with Gasteiger partial charge in [0.05, 0.1) is 6.61 Å². The van der Waals surface area contributed by atoms with Crippen molar-refractivity contribution < 1.29 is 34.6 Å². The molecule has 0 aromatic carbocycles. The Balaban J connectivity index is 4.30. The third kappa shape index (κ3) is 10.2. The monoisotopic (exact) mass is 324 g/mol. The first-order valence-corrected chi connectivity index (χ1v) is 7.23. The lowest BCUT2D eigenvalue weighted by Gasteiger charge is -2.17. The first-order valence-electron chi connectivity index (χ1n) is 6.25. The summed E-state index contributed by atoms with van der Waals surface area (Å²) in [5.41, 5.74) is 0. The normalized spacial score (nSPS) is 14.9. The predicted octanol–water partition coefficient (Wildman–Crippen LogP) is -1.20. The molecule has 0 aliphatic rings. The van der Waals surface area contributed by atoms with Crippen molar-refractivity contribution in [2.24, 2.45) is 0 Å². The second-order valence-corrected chi connectivity index (χ2v) is 5.16. The topological polar surface area (TPSA) is 129 Å². The third-order valence-corrected chi connectivity index (χ3v) is 3.10. The summed E-state index contributed by atoms with van der Waals surface area (Å²) in [6, 6.07) is -0.924. The smallest absolute Gasteiger partial charge is 0.329 e. The average molecular weight is 324 g/mol. The molecule has 10 heteroatoms. The Labute approximate surface area is 126 Å². The lowest BCUT2D eigenvalue weighted by Crippen LogP contribution is -3.04. The van der Waals surface area contributed by atoms with E-state index in [2.05, 4.69) is 10.2 Å². The van der Waals surface area contributed by atoms with E-state index in [0.717, 1.165) is 11.8 Å². The van der Waals surface area contributed by atoms with Gasteiger partial charge in [0.25, 0.3) is 0 Å². The van der Waals surface area contributed by atoms with Crippen molar-refractivity contribution in [1.29, 1.82) is 0 Å². The minimum absolute atomic E-state index is 0.0110. The standard InChI is InChI=1S/C11H20N2O7S/c1-4-19-11(16)9(12-8(3)14)6-21-10(15)5-7(2)20-13(17)18/h7,9,13,17H,4-6H2,1-3H3,(H,12,14)/t7-,9-/m0/s1. The quantitative estimate of drug-likeness (QED) is 0.356. The van der Waals surface area contributed by atoms with E-state index in [1.807, 2.05) is 0 Å². The molecule has 21 heavy (non-hydrogen) atoms. The highest BCUT2D eigenvalue weighted by Crippen LogP contribution is 2.11. The first-order chi connectivity index (χ1) is 9.76. The summed E-state index contributed by atoms with van der Waals surface area (Å²) in [5.74, 6) is -1.02. The molecule has 0 aliphatic heterocycles. The lowest BCUT2D eigenvalue weighted by atomic mass is 10.3. The van der Waals surface area contributed by atoms with Crippen LogP contribution in [0.2, 0.25) is 0 Å². The number of carbonyl (C=O) groups is 3. The molecule has 0 radical (unpaired) electrons. The van der Waals surface area contributed by atoms with Gasteiger partial charge in [0.1, 0.15) is 12.1 Å². The van der Waals surface area contributed by atoms with Gasteiger partial charge in [0, 0.05) is 19.1 Å². The van der Waals surface area contributed by atoms with E-state index in [1.54, 1.807) is 6.92 Å². The van der Waals surface area contributed by atoms with Gasteiger partial charge in [-0.15, -0.1) is 0 Å². The van der Waals surface area contributed by atoms with Crippen LogP contribution in [-0.4, -0.2) is 46.7 Å². The van der Waals surface area contributed by atoms with E-state index in [-0.39, 0.29) is 23.9 Å². The van der Waals surface area contributed by atoms with Crippen LogP contribution < -0.4 is 10.7 Å². The predicted molar refractivity (Wildman–Crippen MR) is 73.0 cm³/mol. The zero-order valence-corrected chi connectivity index (χ0v) is 12.9. The molecule has 0 aromatic rings. The van der Waals surface area contributed by atoms with Crippen molar-refractivity contribution in [3.63, 3.8) is 0 Å². The van der Waals surface area contributed by atoms with Gasteiger partial charge in [-0.3, -0.25) is 9.59 Å². The molecule has 0 heterocycles. The molecule has 0 fully saturated rings. The molecule has 0 aliphatic carbocycles. The number of nitrogens with one attached hydrogen (secondary N) is 2. The molecule has 122 valence electrons. The number of rotatable bonds is 9. The molecule has 9 nitrogen and oxygen atoms in total. The van der Waals surface area contributed by atoms with Crippen LogP contribution in [0.5, 0.6) is 0 Å². The van der Waals surface area contributed by atoms with E-state index in [1.165, 1.54) is 13.8 Å². The highest BCUT2D eigenvalue weighted by Gasteiger charge is 2.23. The molecule has 0 aromatic heterocycles. The molecule has 0 bridgehead atoms. The summed E-state index contributed by atoms with van der Waals surface area (Å²) in [6.07, 6.45) is -0.892. The average Bonchev–Trinajstić information content (AvgIpc) is 2.32. The summed E-state index contributed by atoms with van der Waals surface area (Å²) in [7, 11) is 0. The number of thioether (sulfide) groups is 1. The van der Waals surface area contributed by atoms with Crippen molar-refractivity contribution in [1.82, 2.24) is 5.32 Å². The SMILES string of the molecule is CCOC(=O)[C@H](CSC(=O)C[C@H](C)O[NH+]([O-])O)NC(C)=O. The zero-order valence-electron chi connectivity index (χ0n) is 12.1. The van der Waals surface area contributed by atoms with E-state index in [4.69, 9.17) is 9.94 Å². The van der Waals surface area contributed by atoms with Gasteiger partial charge in [-0.2, -0.15) is 10.0 Å². The number of esters is 1. The summed E-state index contributed by atoms with van der Waals surface area (Å²) < 4.78 is 4.79. The second-order valence-electron chi connectivity index (χ2n) is 4.09. The van der Waals surface area contributed by atoms with E-state index < -0.39 is 29.4 Å². The van der Waals surface area contributed by atoms with Crippen LogP contribution in [-0.2, 0) is 24.0 Å². The fourth-order valence-corrected chi connectivity index (χ4v) is 2.27. The van der Waals surface area contributed by atoms with Gasteiger partial charge in [0.2, 0.25) is 5.91 Å². The van der Waals surface area contributed by atoms with Crippen LogP contribution in [0, 0.1) is 5.21 Å². The van der Waals surface area contributed by atoms with Gasteiger partial charge >= 0.3 is 5.97 Å². The lowest BCUT2D eigenvalue weighted by molar-refractivity contribution is -1.21. The molecule has 1 amide bonds. The highest BCUT2D eigenvalue weighted by molar-refractivity contribution is 8.13. The van der Waals surface area contributed by atoms with Crippen LogP contribution in [0.15, 0.2) is 0 Å². The van der Waals surface area contributed by atoms with Crippen molar-refractivity contribution in [2.45, 2.75) is 39.3 Å². The summed E-state index contributed by atoms with van der Waals surface area (Å²) >= 11 is 0.809. The fraction of sp³-hybridized carbons (Fsp3) is 0.727. The van der Waals surface area contributed by atoms with Crippen LogP contribution in [0.3, 0.4) is 0 Å². The van der Waals surface area contributed by atoms with Crippen LogP contribution in [0.4, 0.5) is 0 Å². The summed E-state index contributed by atoms with van der Waals surface area (Å²) in [4.78, 5) is 38.6. The highest BCUT2D eigenvalue weighted by atomic mass is 32.2. The second kappa shape index (κ2) is 10.5. The van der Waals surface area contributed by atoms with Gasteiger partial charge in [0.15, 0.2) is 5.12 Å². The third-order valence-electron chi connectivity index (χ3n) is 2.12. The molecule has 3 atom stereocenters. The van der Waals surface area contributed by atoms with Gasteiger partial charge in [-0.25, -0.2) is 4.79 Å². The van der Waals surface area contributed by atoms with Crippen molar-refractivity contribution in [3.05, 3.63) is 5.21 Å². The summed E-state index contributed by atoms with van der Waals surface area (Å²) in [6.45, 7) is 4.49. The Morgan fingerprint density at radius 2 is 2.05 bits per heavy atom.